The number of halogens is 2. The van der Waals surface area contributed by atoms with Crippen molar-refractivity contribution in [1.82, 2.24) is 9.80 Å². The Kier molecular flexibility index (Phi) is 8.51. The van der Waals surface area contributed by atoms with Crippen LogP contribution in [0.2, 0.25) is 10.0 Å². The fraction of sp³-hybridized carbons (Fsp3) is 0.458. The van der Waals surface area contributed by atoms with Gasteiger partial charge in [-0.2, -0.15) is 0 Å². The second-order valence-corrected chi connectivity index (χ2v) is 8.88. The number of likely N-dealkylation sites (tertiary alicyclic amines) is 1. The van der Waals surface area contributed by atoms with Crippen LogP contribution in [0.1, 0.15) is 24.0 Å². The van der Waals surface area contributed by atoms with E-state index in [-0.39, 0.29) is 11.8 Å². The quantitative estimate of drug-likeness (QED) is 0.538. The van der Waals surface area contributed by atoms with Crippen molar-refractivity contribution >= 4 is 29.1 Å². The van der Waals surface area contributed by atoms with Crippen LogP contribution >= 0.6 is 23.2 Å². The maximum atomic E-state index is 13.2. The van der Waals surface area contributed by atoms with Gasteiger partial charge in [0.25, 0.3) is 0 Å². The summed E-state index contributed by atoms with van der Waals surface area (Å²) in [5, 5.41) is 1.28. The van der Waals surface area contributed by atoms with Gasteiger partial charge in [0.1, 0.15) is 0 Å². The van der Waals surface area contributed by atoms with Crippen molar-refractivity contribution < 1.29 is 19.0 Å². The molecule has 0 aromatic heterocycles. The van der Waals surface area contributed by atoms with Gasteiger partial charge in [0.05, 0.1) is 27.2 Å². The Morgan fingerprint density at radius 2 is 1.78 bits per heavy atom. The second kappa shape index (κ2) is 11.1. The molecule has 174 valence electrons. The summed E-state index contributed by atoms with van der Waals surface area (Å²) in [5.74, 6) is 1.77. The molecule has 1 saturated heterocycles. The molecule has 0 saturated carbocycles. The summed E-state index contributed by atoms with van der Waals surface area (Å²) in [6, 6.07) is 9.31. The number of benzene rings is 2. The SMILES string of the molecule is COc1cc(CN(C)C(=O)C2CCCN(Cc3ccc(Cl)cc3Cl)C2)cc(OC)c1OC. The van der Waals surface area contributed by atoms with Crippen LogP contribution in [0.4, 0.5) is 0 Å². The number of hydrogen-bond acceptors (Lipinski definition) is 5. The van der Waals surface area contributed by atoms with Crippen LogP contribution < -0.4 is 14.2 Å². The van der Waals surface area contributed by atoms with Gasteiger partial charge in [0, 0.05) is 36.7 Å². The number of nitrogens with zero attached hydrogens (tertiary/aromatic N) is 2. The number of rotatable bonds is 8. The third-order valence-corrected chi connectivity index (χ3v) is 6.37. The maximum absolute atomic E-state index is 13.2. The van der Waals surface area contributed by atoms with Crippen molar-refractivity contribution in [3.05, 3.63) is 51.5 Å². The van der Waals surface area contributed by atoms with Crippen LogP contribution in [0.15, 0.2) is 30.3 Å². The molecule has 1 fully saturated rings. The van der Waals surface area contributed by atoms with Crippen LogP contribution in [-0.2, 0) is 17.9 Å². The number of piperidine rings is 1. The molecule has 1 aliphatic heterocycles. The monoisotopic (exact) mass is 480 g/mol. The van der Waals surface area contributed by atoms with Gasteiger partial charge in [-0.05, 0) is 54.8 Å². The van der Waals surface area contributed by atoms with Crippen molar-refractivity contribution in [1.29, 1.82) is 0 Å². The Balaban J connectivity index is 1.66. The number of hydrogen-bond donors (Lipinski definition) is 0. The molecule has 2 aromatic rings. The molecule has 0 bridgehead atoms. The van der Waals surface area contributed by atoms with Crippen molar-refractivity contribution in [3.8, 4) is 17.2 Å². The topological polar surface area (TPSA) is 51.2 Å². The lowest BCUT2D eigenvalue weighted by Crippen LogP contribution is -2.43. The van der Waals surface area contributed by atoms with E-state index in [2.05, 4.69) is 4.90 Å². The summed E-state index contributed by atoms with van der Waals surface area (Å²) in [4.78, 5) is 17.3. The van der Waals surface area contributed by atoms with E-state index in [1.165, 1.54) is 0 Å². The van der Waals surface area contributed by atoms with Crippen LogP contribution in [0.25, 0.3) is 0 Å². The summed E-state index contributed by atoms with van der Waals surface area (Å²) >= 11 is 12.4. The zero-order valence-corrected chi connectivity index (χ0v) is 20.5. The van der Waals surface area contributed by atoms with Crippen LogP contribution in [-0.4, -0.2) is 57.2 Å². The highest BCUT2D eigenvalue weighted by molar-refractivity contribution is 6.35. The van der Waals surface area contributed by atoms with E-state index in [0.29, 0.717) is 46.9 Å². The maximum Gasteiger partial charge on any atom is 0.227 e. The van der Waals surface area contributed by atoms with E-state index in [0.717, 1.165) is 30.5 Å². The molecule has 32 heavy (non-hydrogen) atoms. The Labute approximate surface area is 199 Å². The predicted octanol–water partition coefficient (Wildman–Crippen LogP) is 4.89. The van der Waals surface area contributed by atoms with E-state index < -0.39 is 0 Å². The highest BCUT2D eigenvalue weighted by Gasteiger charge is 2.28. The highest BCUT2D eigenvalue weighted by Crippen LogP contribution is 2.38. The third-order valence-electron chi connectivity index (χ3n) is 5.78. The summed E-state index contributed by atoms with van der Waals surface area (Å²) in [7, 11) is 6.57. The zero-order chi connectivity index (χ0) is 23.3. The minimum absolute atomic E-state index is 0.0538. The van der Waals surface area contributed by atoms with Gasteiger partial charge in [-0.3, -0.25) is 9.69 Å². The molecule has 1 unspecified atom stereocenters. The summed E-state index contributed by atoms with van der Waals surface area (Å²) < 4.78 is 16.2. The molecule has 0 spiro atoms. The normalized spacial score (nSPS) is 16.5. The van der Waals surface area contributed by atoms with E-state index in [4.69, 9.17) is 37.4 Å². The van der Waals surface area contributed by atoms with E-state index in [1.807, 2.05) is 31.3 Å². The lowest BCUT2D eigenvalue weighted by Gasteiger charge is -2.34. The molecule has 1 atom stereocenters. The summed E-state index contributed by atoms with van der Waals surface area (Å²) in [6.07, 6.45) is 1.85. The average molecular weight is 481 g/mol. The van der Waals surface area contributed by atoms with Crippen LogP contribution in [0.5, 0.6) is 17.2 Å². The summed E-state index contributed by atoms with van der Waals surface area (Å²) in [5.41, 5.74) is 1.94. The Bertz CT molecular complexity index is 929. The molecule has 6 nitrogen and oxygen atoms in total. The largest absolute Gasteiger partial charge is 0.493 e. The van der Waals surface area contributed by atoms with Gasteiger partial charge in [-0.1, -0.05) is 29.3 Å². The van der Waals surface area contributed by atoms with Gasteiger partial charge < -0.3 is 19.1 Å². The zero-order valence-electron chi connectivity index (χ0n) is 19.0. The molecular weight excluding hydrogens is 451 g/mol. The number of methoxy groups -OCH3 is 3. The number of carbonyl (C=O) groups excluding carboxylic acids is 1. The standard InChI is InChI=1S/C24H30Cl2N2O4/c1-27(13-16-10-21(30-2)23(32-4)22(11-16)31-3)24(29)18-6-5-9-28(15-18)14-17-7-8-19(25)12-20(17)26/h7-8,10-12,18H,5-6,9,13-15H2,1-4H3. The molecule has 0 radical (unpaired) electrons. The van der Waals surface area contributed by atoms with E-state index in [1.54, 1.807) is 32.3 Å². The first-order valence-electron chi connectivity index (χ1n) is 10.6. The van der Waals surface area contributed by atoms with Crippen LogP contribution in [0.3, 0.4) is 0 Å². The molecule has 2 aromatic carbocycles. The number of amides is 1. The molecular formula is C24H30Cl2N2O4. The highest BCUT2D eigenvalue weighted by atomic mass is 35.5. The fourth-order valence-corrected chi connectivity index (χ4v) is 4.65. The minimum atomic E-state index is -0.0538. The Hall–Kier alpha value is -2.15. The first-order valence-corrected chi connectivity index (χ1v) is 11.3. The van der Waals surface area contributed by atoms with E-state index in [9.17, 15) is 4.79 Å². The number of ether oxygens (including phenoxy) is 3. The van der Waals surface area contributed by atoms with Gasteiger partial charge >= 0.3 is 0 Å². The predicted molar refractivity (Wildman–Crippen MR) is 127 cm³/mol. The fourth-order valence-electron chi connectivity index (χ4n) is 4.18. The second-order valence-electron chi connectivity index (χ2n) is 8.04. The smallest absolute Gasteiger partial charge is 0.227 e. The Morgan fingerprint density at radius 3 is 2.38 bits per heavy atom. The Morgan fingerprint density at radius 1 is 1.09 bits per heavy atom. The minimum Gasteiger partial charge on any atom is -0.493 e. The molecule has 0 N–H and O–H groups in total. The first-order chi connectivity index (χ1) is 15.4. The molecule has 3 rings (SSSR count). The summed E-state index contributed by atoms with van der Waals surface area (Å²) in [6.45, 7) is 2.81. The van der Waals surface area contributed by atoms with Gasteiger partial charge in [0.15, 0.2) is 11.5 Å². The first kappa shape index (κ1) is 24.5. The van der Waals surface area contributed by atoms with Gasteiger partial charge in [0.2, 0.25) is 11.7 Å². The molecule has 8 heteroatoms. The van der Waals surface area contributed by atoms with Crippen molar-refractivity contribution in [2.24, 2.45) is 5.92 Å². The third kappa shape index (κ3) is 5.80. The molecule has 1 amide bonds. The van der Waals surface area contributed by atoms with Gasteiger partial charge in [-0.25, -0.2) is 0 Å². The van der Waals surface area contributed by atoms with Crippen molar-refractivity contribution in [3.63, 3.8) is 0 Å². The average Bonchev–Trinajstić information content (AvgIpc) is 2.79. The lowest BCUT2D eigenvalue weighted by atomic mass is 9.96. The van der Waals surface area contributed by atoms with Crippen molar-refractivity contribution in [2.45, 2.75) is 25.9 Å². The lowest BCUT2D eigenvalue weighted by molar-refractivity contribution is -0.136. The van der Waals surface area contributed by atoms with Crippen molar-refractivity contribution in [2.75, 3.05) is 41.5 Å². The van der Waals surface area contributed by atoms with E-state index >= 15 is 0 Å². The number of carbonyl (C=O) groups is 1. The molecule has 1 aliphatic rings. The van der Waals surface area contributed by atoms with Crippen LogP contribution in [0, 0.1) is 5.92 Å². The van der Waals surface area contributed by atoms with Gasteiger partial charge in [-0.15, -0.1) is 0 Å². The molecule has 0 aliphatic carbocycles. The molecule has 1 heterocycles.